The Morgan fingerprint density at radius 3 is 2.17 bits per heavy atom. The van der Waals surface area contributed by atoms with Gasteiger partial charge in [0.05, 0.1) is 0 Å². The lowest BCUT2D eigenvalue weighted by Crippen LogP contribution is -2.29. The Kier molecular flexibility index (Phi) is 5.17. The van der Waals surface area contributed by atoms with Crippen LogP contribution >= 0.6 is 0 Å². The fourth-order valence-electron chi connectivity index (χ4n) is 1.67. The summed E-state index contributed by atoms with van der Waals surface area (Å²) < 4.78 is 0. The Hall–Kier alpha value is -2.04. The summed E-state index contributed by atoms with van der Waals surface area (Å²) in [5.41, 5.74) is 1.52. The zero-order valence-electron chi connectivity index (χ0n) is 10.6. The SMILES string of the molecule is CCN(CC)c1ccc(C(=O)NCC(=O)O)cc1. The highest BCUT2D eigenvalue weighted by Crippen LogP contribution is 2.14. The number of carboxylic acids is 1. The van der Waals surface area contributed by atoms with Crippen molar-refractivity contribution in [3.63, 3.8) is 0 Å². The summed E-state index contributed by atoms with van der Waals surface area (Å²) in [7, 11) is 0. The van der Waals surface area contributed by atoms with Gasteiger partial charge in [-0.05, 0) is 38.1 Å². The van der Waals surface area contributed by atoms with Crippen LogP contribution in [0.1, 0.15) is 24.2 Å². The molecule has 5 nitrogen and oxygen atoms in total. The average Bonchev–Trinajstić information content (AvgIpc) is 2.38. The van der Waals surface area contributed by atoms with E-state index in [1.54, 1.807) is 12.1 Å². The van der Waals surface area contributed by atoms with Crippen LogP contribution < -0.4 is 10.2 Å². The van der Waals surface area contributed by atoms with Gasteiger partial charge >= 0.3 is 5.97 Å². The largest absolute Gasteiger partial charge is 0.480 e. The normalized spacial score (nSPS) is 9.89. The van der Waals surface area contributed by atoms with E-state index in [9.17, 15) is 9.59 Å². The predicted molar refractivity (Wildman–Crippen MR) is 70.0 cm³/mol. The molecule has 1 amide bonds. The van der Waals surface area contributed by atoms with Gasteiger partial charge in [0.15, 0.2) is 0 Å². The van der Waals surface area contributed by atoms with Crippen molar-refractivity contribution in [2.75, 3.05) is 24.5 Å². The van der Waals surface area contributed by atoms with Gasteiger partial charge in [-0.2, -0.15) is 0 Å². The second-order valence-electron chi connectivity index (χ2n) is 3.80. The number of hydrogen-bond donors (Lipinski definition) is 2. The number of anilines is 1. The van der Waals surface area contributed by atoms with Crippen LogP contribution in [0.25, 0.3) is 0 Å². The molecular formula is C13H18N2O3. The molecule has 0 aliphatic rings. The number of carboxylic acid groups (broad SMARTS) is 1. The molecule has 18 heavy (non-hydrogen) atoms. The minimum atomic E-state index is -1.05. The maximum atomic E-state index is 11.6. The Balaban J connectivity index is 2.70. The highest BCUT2D eigenvalue weighted by molar-refractivity contribution is 5.96. The number of rotatable bonds is 6. The number of carbonyl (C=O) groups is 2. The maximum Gasteiger partial charge on any atom is 0.322 e. The molecule has 98 valence electrons. The van der Waals surface area contributed by atoms with Crippen LogP contribution in [-0.2, 0) is 4.79 Å². The van der Waals surface area contributed by atoms with Crippen molar-refractivity contribution in [1.82, 2.24) is 5.32 Å². The Morgan fingerprint density at radius 2 is 1.72 bits per heavy atom. The third kappa shape index (κ3) is 3.76. The molecule has 2 N–H and O–H groups in total. The summed E-state index contributed by atoms with van der Waals surface area (Å²) in [5.74, 6) is -1.42. The fourth-order valence-corrected chi connectivity index (χ4v) is 1.67. The van der Waals surface area contributed by atoms with Gasteiger partial charge in [0.2, 0.25) is 0 Å². The van der Waals surface area contributed by atoms with Gasteiger partial charge in [-0.1, -0.05) is 0 Å². The Bertz CT molecular complexity index is 411. The molecule has 0 saturated carbocycles. The lowest BCUT2D eigenvalue weighted by Gasteiger charge is -2.20. The van der Waals surface area contributed by atoms with Crippen LogP contribution in [0.2, 0.25) is 0 Å². The van der Waals surface area contributed by atoms with Crippen molar-refractivity contribution >= 4 is 17.6 Å². The van der Waals surface area contributed by atoms with Crippen LogP contribution in [-0.4, -0.2) is 36.6 Å². The number of benzene rings is 1. The first-order valence-corrected chi connectivity index (χ1v) is 5.93. The highest BCUT2D eigenvalue weighted by Gasteiger charge is 2.08. The van der Waals surface area contributed by atoms with E-state index in [1.807, 2.05) is 12.1 Å². The molecule has 0 bridgehead atoms. The van der Waals surface area contributed by atoms with Crippen molar-refractivity contribution in [2.45, 2.75) is 13.8 Å². The number of hydrogen-bond acceptors (Lipinski definition) is 3. The van der Waals surface area contributed by atoms with E-state index in [0.717, 1.165) is 18.8 Å². The molecule has 0 atom stereocenters. The van der Waals surface area contributed by atoms with Crippen LogP contribution in [0, 0.1) is 0 Å². The molecule has 0 saturated heterocycles. The van der Waals surface area contributed by atoms with Crippen LogP contribution in [0.3, 0.4) is 0 Å². The van der Waals surface area contributed by atoms with E-state index < -0.39 is 5.97 Å². The van der Waals surface area contributed by atoms with Gasteiger partial charge in [-0.25, -0.2) is 0 Å². The zero-order valence-corrected chi connectivity index (χ0v) is 10.6. The third-order valence-electron chi connectivity index (χ3n) is 2.66. The summed E-state index contributed by atoms with van der Waals surface area (Å²) >= 11 is 0. The van der Waals surface area contributed by atoms with Gasteiger partial charge in [0.1, 0.15) is 6.54 Å². The van der Waals surface area contributed by atoms with Crippen molar-refractivity contribution in [2.24, 2.45) is 0 Å². The summed E-state index contributed by atoms with van der Waals surface area (Å²) in [6.07, 6.45) is 0. The molecule has 0 aliphatic carbocycles. The summed E-state index contributed by atoms with van der Waals surface area (Å²) in [6, 6.07) is 7.13. The number of aliphatic carboxylic acids is 1. The van der Waals surface area contributed by atoms with E-state index in [0.29, 0.717) is 5.56 Å². The molecular weight excluding hydrogens is 232 g/mol. The highest BCUT2D eigenvalue weighted by atomic mass is 16.4. The Morgan fingerprint density at radius 1 is 1.17 bits per heavy atom. The Labute approximate surface area is 106 Å². The lowest BCUT2D eigenvalue weighted by molar-refractivity contribution is -0.135. The molecule has 5 heteroatoms. The van der Waals surface area contributed by atoms with Crippen LogP contribution in [0.5, 0.6) is 0 Å². The van der Waals surface area contributed by atoms with E-state index >= 15 is 0 Å². The van der Waals surface area contributed by atoms with Gasteiger partial charge in [0, 0.05) is 24.3 Å². The van der Waals surface area contributed by atoms with E-state index in [4.69, 9.17) is 5.11 Å². The van der Waals surface area contributed by atoms with Gasteiger partial charge in [0.25, 0.3) is 5.91 Å². The molecule has 0 aliphatic heterocycles. The standard InChI is InChI=1S/C13H18N2O3/c1-3-15(4-2)11-7-5-10(6-8-11)13(18)14-9-12(16)17/h5-8H,3-4,9H2,1-2H3,(H,14,18)(H,16,17). The molecule has 0 spiro atoms. The molecule has 0 unspecified atom stereocenters. The van der Waals surface area contributed by atoms with Crippen molar-refractivity contribution < 1.29 is 14.7 Å². The van der Waals surface area contributed by atoms with E-state index in [1.165, 1.54) is 0 Å². The summed E-state index contributed by atoms with van der Waals surface area (Å²) in [6.45, 7) is 5.58. The van der Waals surface area contributed by atoms with E-state index in [-0.39, 0.29) is 12.5 Å². The molecule has 0 radical (unpaired) electrons. The zero-order chi connectivity index (χ0) is 13.5. The lowest BCUT2D eigenvalue weighted by atomic mass is 10.2. The molecule has 0 fully saturated rings. The van der Waals surface area contributed by atoms with Gasteiger partial charge < -0.3 is 15.3 Å². The first kappa shape index (κ1) is 14.0. The maximum absolute atomic E-state index is 11.6. The average molecular weight is 250 g/mol. The second-order valence-corrected chi connectivity index (χ2v) is 3.80. The monoisotopic (exact) mass is 250 g/mol. The smallest absolute Gasteiger partial charge is 0.322 e. The number of carbonyl (C=O) groups excluding carboxylic acids is 1. The van der Waals surface area contributed by atoms with Crippen LogP contribution in [0.15, 0.2) is 24.3 Å². The van der Waals surface area contributed by atoms with Gasteiger partial charge in [-0.15, -0.1) is 0 Å². The molecule has 0 heterocycles. The van der Waals surface area contributed by atoms with Crippen LogP contribution in [0.4, 0.5) is 5.69 Å². The summed E-state index contributed by atoms with van der Waals surface area (Å²) in [5, 5.41) is 10.8. The number of nitrogens with one attached hydrogen (secondary N) is 1. The minimum Gasteiger partial charge on any atom is -0.480 e. The minimum absolute atomic E-state index is 0.364. The number of amides is 1. The number of nitrogens with zero attached hydrogens (tertiary/aromatic N) is 1. The van der Waals surface area contributed by atoms with E-state index in [2.05, 4.69) is 24.1 Å². The first-order chi connectivity index (χ1) is 8.58. The topological polar surface area (TPSA) is 69.6 Å². The quantitative estimate of drug-likeness (QED) is 0.799. The fraction of sp³-hybridized carbons (Fsp3) is 0.385. The first-order valence-electron chi connectivity index (χ1n) is 5.93. The molecule has 0 aromatic heterocycles. The van der Waals surface area contributed by atoms with Gasteiger partial charge in [-0.3, -0.25) is 9.59 Å². The summed E-state index contributed by atoms with van der Waals surface area (Å²) in [4.78, 5) is 24.1. The molecule has 1 rings (SSSR count). The second kappa shape index (κ2) is 6.64. The predicted octanol–water partition coefficient (Wildman–Crippen LogP) is 1.35. The van der Waals surface area contributed by atoms with Crippen molar-refractivity contribution in [3.05, 3.63) is 29.8 Å². The molecule has 1 aromatic rings. The van der Waals surface area contributed by atoms with Crippen molar-refractivity contribution in [1.29, 1.82) is 0 Å². The van der Waals surface area contributed by atoms with Crippen molar-refractivity contribution in [3.8, 4) is 0 Å². The molecule has 1 aromatic carbocycles. The third-order valence-corrected chi connectivity index (χ3v) is 2.66.